The van der Waals surface area contributed by atoms with Crippen molar-refractivity contribution < 1.29 is 31.1 Å². The fourth-order valence-electron chi connectivity index (χ4n) is 2.23. The molecule has 154 valence electrons. The van der Waals surface area contributed by atoms with Gasteiger partial charge in [0.15, 0.2) is 0 Å². The summed E-state index contributed by atoms with van der Waals surface area (Å²) in [4.78, 5) is 3.26. The van der Waals surface area contributed by atoms with E-state index >= 15 is 0 Å². The maximum Gasteiger partial charge on any atom is 0.573 e. The van der Waals surface area contributed by atoms with Gasteiger partial charge in [-0.3, -0.25) is 4.98 Å². The third-order valence-corrected chi connectivity index (χ3v) is 3.77. The Morgan fingerprint density at radius 3 is 2.48 bits per heavy atom. The van der Waals surface area contributed by atoms with Gasteiger partial charge in [-0.25, -0.2) is 4.68 Å². The summed E-state index contributed by atoms with van der Waals surface area (Å²) in [5, 5.41) is 10.1. The number of rotatable bonds is 5. The molecule has 3 rings (SSSR count). The van der Waals surface area contributed by atoms with E-state index in [1.165, 1.54) is 29.1 Å². The molecule has 0 aliphatic heterocycles. The fourth-order valence-corrected chi connectivity index (χ4v) is 2.45. The first kappa shape index (κ1) is 20.7. The minimum Gasteiger partial charge on any atom is -0.404 e. The third-order valence-electron chi connectivity index (χ3n) is 3.47. The first-order valence-electron chi connectivity index (χ1n) is 7.75. The lowest BCUT2D eigenvalue weighted by Gasteiger charge is -2.11. The van der Waals surface area contributed by atoms with Gasteiger partial charge in [0.25, 0.3) is 0 Å². The summed E-state index contributed by atoms with van der Waals surface area (Å²) in [5.41, 5.74) is -0.186. The number of halogens is 7. The van der Waals surface area contributed by atoms with Gasteiger partial charge in [0, 0.05) is 11.9 Å². The SMILES string of the molecule is FC(F)(F)Oc1ccc(-n2cc(CNc3ccnc(C(F)(F)F)c3)nn2)cc1Cl. The van der Waals surface area contributed by atoms with Crippen molar-refractivity contribution in [2.45, 2.75) is 19.1 Å². The molecule has 0 spiro atoms. The van der Waals surface area contributed by atoms with E-state index < -0.39 is 24.0 Å². The number of pyridine rings is 1. The molecule has 29 heavy (non-hydrogen) atoms. The van der Waals surface area contributed by atoms with E-state index in [0.29, 0.717) is 11.4 Å². The molecule has 0 aliphatic rings. The van der Waals surface area contributed by atoms with Crippen LogP contribution in [-0.2, 0) is 12.7 Å². The highest BCUT2D eigenvalue weighted by atomic mass is 35.5. The van der Waals surface area contributed by atoms with Crippen LogP contribution < -0.4 is 10.1 Å². The van der Waals surface area contributed by atoms with E-state index in [9.17, 15) is 26.3 Å². The summed E-state index contributed by atoms with van der Waals surface area (Å²) in [6.45, 7) is 0.0459. The Morgan fingerprint density at radius 2 is 1.83 bits per heavy atom. The molecule has 0 aliphatic carbocycles. The van der Waals surface area contributed by atoms with E-state index in [1.807, 2.05) is 0 Å². The number of nitrogens with one attached hydrogen (secondary N) is 1. The van der Waals surface area contributed by atoms with Gasteiger partial charge in [-0.1, -0.05) is 16.8 Å². The maximum atomic E-state index is 12.7. The highest BCUT2D eigenvalue weighted by Crippen LogP contribution is 2.32. The van der Waals surface area contributed by atoms with Gasteiger partial charge in [-0.2, -0.15) is 13.2 Å². The van der Waals surface area contributed by atoms with Gasteiger partial charge in [-0.15, -0.1) is 18.3 Å². The first-order chi connectivity index (χ1) is 13.5. The maximum absolute atomic E-state index is 12.7. The van der Waals surface area contributed by atoms with Crippen LogP contribution in [0.15, 0.2) is 42.7 Å². The van der Waals surface area contributed by atoms with E-state index in [2.05, 4.69) is 25.3 Å². The molecule has 0 fully saturated rings. The Hall–Kier alpha value is -3.02. The van der Waals surface area contributed by atoms with Crippen molar-refractivity contribution in [3.8, 4) is 11.4 Å². The number of hydrogen-bond donors (Lipinski definition) is 1. The molecule has 0 saturated carbocycles. The summed E-state index contributed by atoms with van der Waals surface area (Å²) in [7, 11) is 0. The number of ether oxygens (including phenoxy) is 1. The molecule has 0 unspecified atom stereocenters. The van der Waals surface area contributed by atoms with Crippen molar-refractivity contribution in [2.24, 2.45) is 0 Å². The fraction of sp³-hybridized carbons (Fsp3) is 0.188. The summed E-state index contributed by atoms with van der Waals surface area (Å²) < 4.78 is 79.9. The van der Waals surface area contributed by atoms with Crippen LogP contribution in [0.1, 0.15) is 11.4 Å². The molecule has 2 heterocycles. The van der Waals surface area contributed by atoms with Crippen molar-refractivity contribution in [3.63, 3.8) is 0 Å². The van der Waals surface area contributed by atoms with Gasteiger partial charge < -0.3 is 10.1 Å². The molecule has 3 aromatic rings. The Balaban J connectivity index is 1.69. The average molecular weight is 438 g/mol. The van der Waals surface area contributed by atoms with Crippen molar-refractivity contribution in [3.05, 3.63) is 59.1 Å². The highest BCUT2D eigenvalue weighted by Gasteiger charge is 2.33. The summed E-state index contributed by atoms with van der Waals surface area (Å²) in [5.74, 6) is -0.567. The zero-order valence-corrected chi connectivity index (χ0v) is 14.8. The molecule has 6 nitrogen and oxygen atoms in total. The van der Waals surface area contributed by atoms with Crippen molar-refractivity contribution in [2.75, 3.05) is 5.32 Å². The largest absolute Gasteiger partial charge is 0.573 e. The van der Waals surface area contributed by atoms with Crippen molar-refractivity contribution >= 4 is 17.3 Å². The lowest BCUT2D eigenvalue weighted by atomic mass is 10.3. The van der Waals surface area contributed by atoms with Gasteiger partial charge >= 0.3 is 12.5 Å². The Kier molecular flexibility index (Phi) is 5.55. The third kappa shape index (κ3) is 5.50. The van der Waals surface area contributed by atoms with Crippen LogP contribution in [0, 0.1) is 0 Å². The van der Waals surface area contributed by atoms with E-state index in [0.717, 1.165) is 18.3 Å². The molecule has 1 aromatic carbocycles. The molecule has 2 aromatic heterocycles. The molecule has 0 radical (unpaired) electrons. The lowest BCUT2D eigenvalue weighted by Crippen LogP contribution is -2.17. The summed E-state index contributed by atoms with van der Waals surface area (Å²) >= 11 is 5.79. The van der Waals surface area contributed by atoms with Crippen LogP contribution in [0.25, 0.3) is 5.69 Å². The number of hydrogen-bond acceptors (Lipinski definition) is 5. The van der Waals surface area contributed by atoms with E-state index in [4.69, 9.17) is 11.6 Å². The van der Waals surface area contributed by atoms with Gasteiger partial charge in [0.1, 0.15) is 17.1 Å². The zero-order chi connectivity index (χ0) is 21.2. The number of aromatic nitrogens is 4. The van der Waals surface area contributed by atoms with Gasteiger partial charge in [0.05, 0.1) is 23.5 Å². The predicted octanol–water partition coefficient (Wildman–Crippen LogP) is 4.85. The minimum absolute atomic E-state index is 0.0459. The van der Waals surface area contributed by atoms with Crippen LogP contribution in [-0.4, -0.2) is 26.3 Å². The molecular weight excluding hydrogens is 428 g/mol. The zero-order valence-electron chi connectivity index (χ0n) is 14.1. The Bertz CT molecular complexity index is 1000. The van der Waals surface area contributed by atoms with Gasteiger partial charge in [-0.05, 0) is 30.3 Å². The monoisotopic (exact) mass is 437 g/mol. The second kappa shape index (κ2) is 7.78. The van der Waals surface area contributed by atoms with Crippen molar-refractivity contribution in [1.29, 1.82) is 0 Å². The number of anilines is 1. The topological polar surface area (TPSA) is 64.9 Å². The van der Waals surface area contributed by atoms with Crippen LogP contribution in [0.4, 0.5) is 32.0 Å². The standard InChI is InChI=1S/C16H10ClF6N5O/c17-12-6-11(1-2-13(12)29-16(21,22)23)28-8-10(26-27-28)7-25-9-3-4-24-14(5-9)15(18,19)20/h1-6,8H,7H2,(H,24,25). The summed E-state index contributed by atoms with van der Waals surface area (Å²) in [6.07, 6.45) is -6.98. The van der Waals surface area contributed by atoms with E-state index in [1.54, 1.807) is 0 Å². The minimum atomic E-state index is -4.88. The number of alkyl halides is 6. The molecular formula is C16H10ClF6N5O. The number of benzene rings is 1. The Morgan fingerprint density at radius 1 is 1.07 bits per heavy atom. The molecule has 0 bridgehead atoms. The molecule has 0 atom stereocenters. The van der Waals surface area contributed by atoms with Crippen molar-refractivity contribution in [1.82, 2.24) is 20.0 Å². The second-order valence-electron chi connectivity index (χ2n) is 5.60. The highest BCUT2D eigenvalue weighted by molar-refractivity contribution is 6.32. The predicted molar refractivity (Wildman–Crippen MR) is 89.6 cm³/mol. The molecule has 0 saturated heterocycles. The number of nitrogens with zero attached hydrogens (tertiary/aromatic N) is 4. The summed E-state index contributed by atoms with van der Waals surface area (Å²) in [6, 6.07) is 5.73. The van der Waals surface area contributed by atoms with E-state index in [-0.39, 0.29) is 17.3 Å². The van der Waals surface area contributed by atoms with Crippen LogP contribution in [0.3, 0.4) is 0 Å². The normalized spacial score (nSPS) is 12.1. The molecule has 13 heteroatoms. The average Bonchev–Trinajstić information content (AvgIpc) is 3.09. The Labute approximate surface area is 164 Å². The quantitative estimate of drug-likeness (QED) is 0.578. The first-order valence-corrected chi connectivity index (χ1v) is 8.13. The smallest absolute Gasteiger partial charge is 0.404 e. The van der Waals surface area contributed by atoms with Crippen LogP contribution in [0.5, 0.6) is 5.75 Å². The molecule has 0 amide bonds. The lowest BCUT2D eigenvalue weighted by molar-refractivity contribution is -0.274. The molecule has 1 N–H and O–H groups in total. The van der Waals surface area contributed by atoms with Crippen LogP contribution in [0.2, 0.25) is 5.02 Å². The second-order valence-corrected chi connectivity index (χ2v) is 6.01. The van der Waals surface area contributed by atoms with Crippen LogP contribution >= 0.6 is 11.6 Å². The van der Waals surface area contributed by atoms with Gasteiger partial charge in [0.2, 0.25) is 0 Å².